The summed E-state index contributed by atoms with van der Waals surface area (Å²) in [6, 6.07) is 22.6. The third kappa shape index (κ3) is 4.14. The lowest BCUT2D eigenvalue weighted by atomic mass is 9.87. The smallest absolute Gasteiger partial charge is 0.223 e. The first kappa shape index (κ1) is 17.2. The van der Waals surface area contributed by atoms with Crippen LogP contribution in [0, 0.1) is 0 Å². The number of carbonyl (C=O) groups excluding carboxylic acids is 1. The van der Waals surface area contributed by atoms with Crippen molar-refractivity contribution in [1.82, 2.24) is 14.9 Å². The van der Waals surface area contributed by atoms with E-state index >= 15 is 0 Å². The Morgan fingerprint density at radius 2 is 1.63 bits per heavy atom. The molecule has 0 spiro atoms. The van der Waals surface area contributed by atoms with Crippen LogP contribution in [0.15, 0.2) is 79.3 Å². The molecule has 4 rings (SSSR count). The number of benzene rings is 2. The molecule has 0 atom stereocenters. The Bertz CT molecular complexity index is 825. The number of nitrogens with one attached hydrogen (secondary N) is 1. The van der Waals surface area contributed by atoms with Gasteiger partial charge in [-0.05, 0) is 17.2 Å². The highest BCUT2D eigenvalue weighted by Gasteiger charge is 2.32. The Morgan fingerprint density at radius 1 is 1.00 bits per heavy atom. The van der Waals surface area contributed by atoms with E-state index in [2.05, 4.69) is 39.6 Å². The number of hydrogen-bond donors (Lipinski definition) is 1. The summed E-state index contributed by atoms with van der Waals surface area (Å²) in [6.45, 7) is 1.41. The van der Waals surface area contributed by atoms with Crippen molar-refractivity contribution in [3.05, 3.63) is 90.4 Å². The van der Waals surface area contributed by atoms with Crippen LogP contribution in [-0.2, 0) is 4.79 Å². The van der Waals surface area contributed by atoms with Crippen molar-refractivity contribution >= 4 is 11.7 Å². The Labute approximate surface area is 159 Å². The maximum absolute atomic E-state index is 12.9. The van der Waals surface area contributed by atoms with E-state index in [1.807, 2.05) is 47.4 Å². The van der Waals surface area contributed by atoms with Crippen LogP contribution in [0.25, 0.3) is 0 Å². The molecule has 136 valence electrons. The SMILES string of the molecule is O=C(CC(c1ccccc1)c1ccccc1)N1CC(Nc2ccncn2)C1. The van der Waals surface area contributed by atoms with Gasteiger partial charge in [0, 0.05) is 31.6 Å². The van der Waals surface area contributed by atoms with Crippen LogP contribution in [0.3, 0.4) is 0 Å². The third-order valence-electron chi connectivity index (χ3n) is 4.95. The monoisotopic (exact) mass is 358 g/mol. The lowest BCUT2D eigenvalue weighted by molar-refractivity contribution is -0.135. The van der Waals surface area contributed by atoms with Crippen LogP contribution in [0.5, 0.6) is 0 Å². The van der Waals surface area contributed by atoms with Crippen molar-refractivity contribution in [3.8, 4) is 0 Å². The maximum atomic E-state index is 12.9. The fourth-order valence-corrected chi connectivity index (χ4v) is 3.46. The standard InChI is InChI=1S/C22H22N4O/c27-22(26-14-19(15-26)25-21-11-12-23-16-24-21)13-20(17-7-3-1-4-8-17)18-9-5-2-6-10-18/h1-12,16,19-20H,13-15H2,(H,23,24,25). The summed E-state index contributed by atoms with van der Waals surface area (Å²) in [7, 11) is 0. The molecule has 1 N–H and O–H groups in total. The van der Waals surface area contributed by atoms with Gasteiger partial charge in [-0.2, -0.15) is 0 Å². The first-order valence-corrected chi connectivity index (χ1v) is 9.20. The Kier molecular flexibility index (Phi) is 5.10. The number of nitrogens with zero attached hydrogens (tertiary/aromatic N) is 3. The fraction of sp³-hybridized carbons (Fsp3) is 0.227. The molecule has 0 aliphatic carbocycles. The zero-order valence-corrected chi connectivity index (χ0v) is 15.0. The van der Waals surface area contributed by atoms with E-state index in [9.17, 15) is 4.79 Å². The zero-order valence-electron chi connectivity index (χ0n) is 15.0. The van der Waals surface area contributed by atoms with Crippen molar-refractivity contribution < 1.29 is 4.79 Å². The lowest BCUT2D eigenvalue weighted by Gasteiger charge is -2.40. The van der Waals surface area contributed by atoms with Gasteiger partial charge in [0.15, 0.2) is 0 Å². The van der Waals surface area contributed by atoms with Crippen molar-refractivity contribution in [2.45, 2.75) is 18.4 Å². The van der Waals surface area contributed by atoms with E-state index < -0.39 is 0 Å². The molecule has 5 heteroatoms. The van der Waals surface area contributed by atoms with E-state index in [-0.39, 0.29) is 17.9 Å². The summed E-state index contributed by atoms with van der Waals surface area (Å²) in [6.07, 6.45) is 3.71. The predicted molar refractivity (Wildman–Crippen MR) is 105 cm³/mol. The summed E-state index contributed by atoms with van der Waals surface area (Å²) < 4.78 is 0. The number of rotatable bonds is 6. The number of aromatic nitrogens is 2. The number of likely N-dealkylation sites (tertiary alicyclic amines) is 1. The fourth-order valence-electron chi connectivity index (χ4n) is 3.46. The molecule has 1 fully saturated rings. The van der Waals surface area contributed by atoms with Crippen molar-refractivity contribution in [2.75, 3.05) is 18.4 Å². The van der Waals surface area contributed by atoms with Gasteiger partial charge in [-0.3, -0.25) is 4.79 Å². The summed E-state index contributed by atoms with van der Waals surface area (Å²) in [5.41, 5.74) is 2.35. The van der Waals surface area contributed by atoms with Gasteiger partial charge in [-0.1, -0.05) is 60.7 Å². The normalized spacial score (nSPS) is 14.0. The molecular weight excluding hydrogens is 336 g/mol. The van der Waals surface area contributed by atoms with E-state index in [1.165, 1.54) is 17.5 Å². The Hall–Kier alpha value is -3.21. The highest BCUT2D eigenvalue weighted by molar-refractivity contribution is 5.79. The maximum Gasteiger partial charge on any atom is 0.223 e. The van der Waals surface area contributed by atoms with E-state index in [0.29, 0.717) is 19.5 Å². The van der Waals surface area contributed by atoms with Gasteiger partial charge in [0.25, 0.3) is 0 Å². The predicted octanol–water partition coefficient (Wildman–Crippen LogP) is 3.32. The molecule has 1 aliphatic rings. The average molecular weight is 358 g/mol. The average Bonchev–Trinajstić information content (AvgIpc) is 2.70. The summed E-state index contributed by atoms with van der Waals surface area (Å²) in [4.78, 5) is 22.9. The van der Waals surface area contributed by atoms with Crippen LogP contribution in [0.4, 0.5) is 5.82 Å². The van der Waals surface area contributed by atoms with Crippen LogP contribution < -0.4 is 5.32 Å². The van der Waals surface area contributed by atoms with E-state index in [0.717, 1.165) is 5.82 Å². The summed E-state index contributed by atoms with van der Waals surface area (Å²) in [5.74, 6) is 1.07. The van der Waals surface area contributed by atoms with Gasteiger partial charge in [0.1, 0.15) is 12.1 Å². The van der Waals surface area contributed by atoms with Gasteiger partial charge in [-0.15, -0.1) is 0 Å². The van der Waals surface area contributed by atoms with Gasteiger partial charge < -0.3 is 10.2 Å². The first-order chi connectivity index (χ1) is 13.3. The lowest BCUT2D eigenvalue weighted by Crippen LogP contribution is -2.57. The molecule has 1 saturated heterocycles. The van der Waals surface area contributed by atoms with E-state index in [4.69, 9.17) is 0 Å². The minimum atomic E-state index is 0.0776. The van der Waals surface area contributed by atoms with E-state index in [1.54, 1.807) is 6.20 Å². The molecule has 1 aliphatic heterocycles. The second-order valence-electron chi connectivity index (χ2n) is 6.81. The molecule has 2 heterocycles. The van der Waals surface area contributed by atoms with Crippen LogP contribution in [0.1, 0.15) is 23.5 Å². The number of carbonyl (C=O) groups is 1. The molecule has 3 aromatic rings. The minimum Gasteiger partial charge on any atom is -0.364 e. The Morgan fingerprint density at radius 3 is 2.19 bits per heavy atom. The molecule has 1 amide bonds. The molecular formula is C22H22N4O. The second-order valence-corrected chi connectivity index (χ2v) is 6.81. The van der Waals surface area contributed by atoms with Gasteiger partial charge >= 0.3 is 0 Å². The number of amides is 1. The molecule has 1 aromatic heterocycles. The summed E-state index contributed by atoms with van der Waals surface area (Å²) >= 11 is 0. The molecule has 0 unspecified atom stereocenters. The number of hydrogen-bond acceptors (Lipinski definition) is 4. The molecule has 0 saturated carbocycles. The van der Waals surface area contributed by atoms with Crippen molar-refractivity contribution in [1.29, 1.82) is 0 Å². The topological polar surface area (TPSA) is 58.1 Å². The second kappa shape index (κ2) is 7.99. The van der Waals surface area contributed by atoms with Gasteiger partial charge in [-0.25, -0.2) is 9.97 Å². The van der Waals surface area contributed by atoms with Crippen molar-refractivity contribution in [3.63, 3.8) is 0 Å². The van der Waals surface area contributed by atoms with Gasteiger partial charge in [0.2, 0.25) is 5.91 Å². The molecule has 2 aromatic carbocycles. The summed E-state index contributed by atoms with van der Waals surface area (Å²) in [5, 5.41) is 3.33. The molecule has 0 radical (unpaired) electrons. The highest BCUT2D eigenvalue weighted by atomic mass is 16.2. The van der Waals surface area contributed by atoms with Gasteiger partial charge in [0.05, 0.1) is 6.04 Å². The number of anilines is 1. The quantitative estimate of drug-likeness (QED) is 0.734. The third-order valence-corrected chi connectivity index (χ3v) is 4.95. The first-order valence-electron chi connectivity index (χ1n) is 9.20. The van der Waals surface area contributed by atoms with Crippen LogP contribution in [0.2, 0.25) is 0 Å². The molecule has 27 heavy (non-hydrogen) atoms. The molecule has 0 bridgehead atoms. The largest absolute Gasteiger partial charge is 0.364 e. The van der Waals surface area contributed by atoms with Crippen molar-refractivity contribution in [2.24, 2.45) is 0 Å². The van der Waals surface area contributed by atoms with Crippen LogP contribution >= 0.6 is 0 Å². The van der Waals surface area contributed by atoms with Crippen LogP contribution in [-0.4, -0.2) is 39.9 Å². The minimum absolute atomic E-state index is 0.0776. The highest BCUT2D eigenvalue weighted by Crippen LogP contribution is 2.29. The Balaban J connectivity index is 1.40. The molecule has 5 nitrogen and oxygen atoms in total. The zero-order chi connectivity index (χ0) is 18.5.